The molecular formula is C15H12Br2O3. The Bertz CT molecular complexity index is 626. The van der Waals surface area contributed by atoms with Gasteiger partial charge in [-0.2, -0.15) is 0 Å². The molecule has 0 saturated carbocycles. The SMILES string of the molecule is COc1ccc(C(=O)COc2ccccc2Br)cc1Br. The molecule has 0 aliphatic rings. The molecule has 2 rings (SSSR count). The van der Waals surface area contributed by atoms with Crippen LogP contribution in [0.15, 0.2) is 51.4 Å². The summed E-state index contributed by atoms with van der Waals surface area (Å²) in [4.78, 5) is 12.1. The Labute approximate surface area is 134 Å². The van der Waals surface area contributed by atoms with Gasteiger partial charge in [0.25, 0.3) is 0 Å². The topological polar surface area (TPSA) is 35.5 Å². The number of hydrogen-bond acceptors (Lipinski definition) is 3. The van der Waals surface area contributed by atoms with Crippen LogP contribution in [0, 0.1) is 0 Å². The fraction of sp³-hybridized carbons (Fsp3) is 0.133. The first-order chi connectivity index (χ1) is 9.61. The van der Waals surface area contributed by atoms with E-state index >= 15 is 0 Å². The number of carbonyl (C=O) groups excluding carboxylic acids is 1. The van der Waals surface area contributed by atoms with E-state index in [0.29, 0.717) is 17.1 Å². The van der Waals surface area contributed by atoms with Gasteiger partial charge in [-0.15, -0.1) is 0 Å². The van der Waals surface area contributed by atoms with Gasteiger partial charge in [0, 0.05) is 5.56 Å². The van der Waals surface area contributed by atoms with Gasteiger partial charge in [0.15, 0.2) is 12.4 Å². The second-order valence-corrected chi connectivity index (χ2v) is 5.70. The summed E-state index contributed by atoms with van der Waals surface area (Å²) in [6, 6.07) is 12.6. The first-order valence-corrected chi connectivity index (χ1v) is 7.44. The molecule has 3 nitrogen and oxygen atoms in total. The van der Waals surface area contributed by atoms with Crippen LogP contribution in [0.2, 0.25) is 0 Å². The van der Waals surface area contributed by atoms with E-state index in [4.69, 9.17) is 9.47 Å². The summed E-state index contributed by atoms with van der Waals surface area (Å²) in [6.07, 6.45) is 0. The summed E-state index contributed by atoms with van der Waals surface area (Å²) < 4.78 is 12.2. The van der Waals surface area contributed by atoms with Crippen molar-refractivity contribution in [3.05, 3.63) is 57.0 Å². The van der Waals surface area contributed by atoms with Crippen molar-refractivity contribution in [1.82, 2.24) is 0 Å². The number of Topliss-reactive ketones (excluding diaryl/α,β-unsaturated/α-hetero) is 1. The van der Waals surface area contributed by atoms with Crippen LogP contribution in [0.5, 0.6) is 11.5 Å². The van der Waals surface area contributed by atoms with Crippen molar-refractivity contribution in [2.75, 3.05) is 13.7 Å². The zero-order valence-corrected chi connectivity index (χ0v) is 13.9. The Hall–Kier alpha value is -1.33. The van der Waals surface area contributed by atoms with Gasteiger partial charge in [0.2, 0.25) is 0 Å². The largest absolute Gasteiger partial charge is 0.496 e. The second kappa shape index (κ2) is 6.90. The molecule has 0 aromatic heterocycles. The summed E-state index contributed by atoms with van der Waals surface area (Å²) in [5, 5.41) is 0. The molecule has 0 N–H and O–H groups in total. The normalized spacial score (nSPS) is 10.2. The number of benzene rings is 2. The minimum Gasteiger partial charge on any atom is -0.496 e. The van der Waals surface area contributed by atoms with Gasteiger partial charge in [-0.1, -0.05) is 12.1 Å². The highest BCUT2D eigenvalue weighted by atomic mass is 79.9. The van der Waals surface area contributed by atoms with Crippen molar-refractivity contribution in [2.45, 2.75) is 0 Å². The Morgan fingerprint density at radius 3 is 2.45 bits per heavy atom. The molecule has 104 valence electrons. The molecule has 0 radical (unpaired) electrons. The molecule has 2 aromatic carbocycles. The number of ketones is 1. The number of ether oxygens (including phenoxy) is 2. The molecule has 0 heterocycles. The van der Waals surface area contributed by atoms with Gasteiger partial charge in [0.1, 0.15) is 11.5 Å². The van der Waals surface area contributed by atoms with Gasteiger partial charge in [-0.25, -0.2) is 0 Å². The first kappa shape index (κ1) is 15.1. The summed E-state index contributed by atoms with van der Waals surface area (Å²) in [6.45, 7) is -0.0125. The quantitative estimate of drug-likeness (QED) is 0.695. The Morgan fingerprint density at radius 2 is 1.80 bits per heavy atom. The van der Waals surface area contributed by atoms with Crippen molar-refractivity contribution < 1.29 is 14.3 Å². The molecule has 0 atom stereocenters. The lowest BCUT2D eigenvalue weighted by molar-refractivity contribution is 0.0921. The highest BCUT2D eigenvalue weighted by Crippen LogP contribution is 2.26. The molecule has 0 aliphatic heterocycles. The molecule has 0 unspecified atom stereocenters. The third-order valence-electron chi connectivity index (χ3n) is 2.67. The predicted octanol–water partition coefficient (Wildman–Crippen LogP) is 4.48. The van der Waals surface area contributed by atoms with Crippen LogP contribution in [-0.2, 0) is 0 Å². The third kappa shape index (κ3) is 3.61. The molecule has 0 aliphatic carbocycles. The van der Waals surface area contributed by atoms with Crippen LogP contribution in [0.4, 0.5) is 0 Å². The van der Waals surface area contributed by atoms with Crippen molar-refractivity contribution in [1.29, 1.82) is 0 Å². The first-order valence-electron chi connectivity index (χ1n) is 5.86. The molecule has 2 aromatic rings. The summed E-state index contributed by atoms with van der Waals surface area (Å²) >= 11 is 6.73. The number of rotatable bonds is 5. The van der Waals surface area contributed by atoms with E-state index in [1.165, 1.54) is 0 Å². The van der Waals surface area contributed by atoms with Crippen LogP contribution in [0.25, 0.3) is 0 Å². The highest BCUT2D eigenvalue weighted by molar-refractivity contribution is 9.10. The van der Waals surface area contributed by atoms with Crippen molar-refractivity contribution in [3.8, 4) is 11.5 Å². The number of carbonyl (C=O) groups is 1. The van der Waals surface area contributed by atoms with Crippen molar-refractivity contribution >= 4 is 37.6 Å². The number of halogens is 2. The Morgan fingerprint density at radius 1 is 1.05 bits per heavy atom. The second-order valence-electron chi connectivity index (χ2n) is 3.99. The zero-order valence-electron chi connectivity index (χ0n) is 10.7. The molecule has 5 heteroatoms. The van der Waals surface area contributed by atoms with E-state index in [0.717, 1.165) is 8.95 Å². The molecule has 0 bridgehead atoms. The maximum atomic E-state index is 12.1. The number of hydrogen-bond donors (Lipinski definition) is 0. The fourth-order valence-corrected chi connectivity index (χ4v) is 2.57. The van der Waals surface area contributed by atoms with E-state index in [1.54, 1.807) is 31.4 Å². The number of para-hydroxylation sites is 1. The van der Waals surface area contributed by atoms with Gasteiger partial charge in [-0.05, 0) is 62.2 Å². The summed E-state index contributed by atoms with van der Waals surface area (Å²) in [5.41, 5.74) is 0.574. The zero-order chi connectivity index (χ0) is 14.5. The summed E-state index contributed by atoms with van der Waals surface area (Å²) in [5.74, 6) is 1.24. The minimum atomic E-state index is -0.0934. The van der Waals surface area contributed by atoms with Crippen molar-refractivity contribution in [3.63, 3.8) is 0 Å². The van der Waals surface area contributed by atoms with Crippen LogP contribution < -0.4 is 9.47 Å². The Balaban J connectivity index is 2.05. The highest BCUT2D eigenvalue weighted by Gasteiger charge is 2.10. The van der Waals surface area contributed by atoms with Gasteiger partial charge in [-0.3, -0.25) is 4.79 Å². The molecule has 0 spiro atoms. The van der Waals surface area contributed by atoms with E-state index in [1.807, 2.05) is 18.2 Å². The lowest BCUT2D eigenvalue weighted by atomic mass is 10.1. The average Bonchev–Trinajstić information content (AvgIpc) is 2.46. The van der Waals surface area contributed by atoms with Crippen LogP contribution in [0.1, 0.15) is 10.4 Å². The Kier molecular flexibility index (Phi) is 5.20. The third-order valence-corrected chi connectivity index (χ3v) is 3.94. The standard InChI is InChI=1S/C15H12Br2O3/c1-19-14-7-6-10(8-12(14)17)13(18)9-20-15-5-3-2-4-11(15)16/h2-8H,9H2,1H3. The van der Waals surface area contributed by atoms with E-state index in [9.17, 15) is 4.79 Å². The van der Waals surface area contributed by atoms with Crippen LogP contribution in [-0.4, -0.2) is 19.5 Å². The molecular weight excluding hydrogens is 388 g/mol. The molecule has 20 heavy (non-hydrogen) atoms. The fourth-order valence-electron chi connectivity index (χ4n) is 1.63. The van der Waals surface area contributed by atoms with Crippen molar-refractivity contribution in [2.24, 2.45) is 0 Å². The van der Waals surface area contributed by atoms with Gasteiger partial charge >= 0.3 is 0 Å². The molecule has 0 fully saturated rings. The lowest BCUT2D eigenvalue weighted by Crippen LogP contribution is -2.11. The average molecular weight is 400 g/mol. The number of methoxy groups -OCH3 is 1. The van der Waals surface area contributed by atoms with E-state index in [2.05, 4.69) is 31.9 Å². The predicted molar refractivity (Wildman–Crippen MR) is 84.7 cm³/mol. The maximum absolute atomic E-state index is 12.1. The summed E-state index contributed by atoms with van der Waals surface area (Å²) in [7, 11) is 1.58. The van der Waals surface area contributed by atoms with Gasteiger partial charge < -0.3 is 9.47 Å². The monoisotopic (exact) mass is 398 g/mol. The van der Waals surface area contributed by atoms with E-state index in [-0.39, 0.29) is 12.4 Å². The lowest BCUT2D eigenvalue weighted by Gasteiger charge is -2.08. The van der Waals surface area contributed by atoms with Gasteiger partial charge in [0.05, 0.1) is 16.1 Å². The smallest absolute Gasteiger partial charge is 0.200 e. The molecule has 0 saturated heterocycles. The van der Waals surface area contributed by atoms with Crippen LogP contribution in [0.3, 0.4) is 0 Å². The van der Waals surface area contributed by atoms with E-state index < -0.39 is 0 Å². The maximum Gasteiger partial charge on any atom is 0.200 e. The van der Waals surface area contributed by atoms with Crippen LogP contribution >= 0.6 is 31.9 Å². The minimum absolute atomic E-state index is 0.0125. The molecule has 0 amide bonds.